The number of nitrogens with zero attached hydrogens (tertiary/aromatic N) is 2. The molecule has 0 bridgehead atoms. The summed E-state index contributed by atoms with van der Waals surface area (Å²) in [5.74, 6) is -0.123. The van der Waals surface area contributed by atoms with Gasteiger partial charge in [-0.25, -0.2) is 0 Å². The molecule has 1 aliphatic rings. The van der Waals surface area contributed by atoms with Crippen molar-refractivity contribution in [3.8, 4) is 22.4 Å². The Morgan fingerprint density at radius 3 is 2.61 bits per heavy atom. The van der Waals surface area contributed by atoms with Crippen LogP contribution in [0, 0.1) is 0 Å². The van der Waals surface area contributed by atoms with E-state index in [0.29, 0.717) is 36.4 Å². The monoisotopic (exact) mass is 617 g/mol. The van der Waals surface area contributed by atoms with E-state index >= 15 is 0 Å². The lowest BCUT2D eigenvalue weighted by atomic mass is 10.00. The molecule has 3 atom stereocenters. The van der Waals surface area contributed by atoms with Gasteiger partial charge in [0, 0.05) is 41.0 Å². The molecule has 232 valence electrons. The Kier molecular flexibility index (Phi) is 10.3. The molecule has 6 N–H and O–H groups in total. The summed E-state index contributed by atoms with van der Waals surface area (Å²) in [6.07, 6.45) is 3.65. The molecule has 0 saturated carbocycles. The molecule has 1 fully saturated rings. The van der Waals surface area contributed by atoms with Crippen molar-refractivity contribution in [2.24, 2.45) is 0 Å². The van der Waals surface area contributed by atoms with Crippen molar-refractivity contribution in [3.63, 3.8) is 0 Å². The van der Waals surface area contributed by atoms with E-state index in [2.05, 4.69) is 38.1 Å². The number of nitrogens with one attached hydrogen (secondary N) is 5. The van der Waals surface area contributed by atoms with Crippen molar-refractivity contribution in [2.75, 3.05) is 27.2 Å². The molecule has 11 heteroatoms. The smallest absolute Gasteiger partial charge is 0.268 e. The van der Waals surface area contributed by atoms with E-state index in [1.807, 2.05) is 67.5 Å². The summed E-state index contributed by atoms with van der Waals surface area (Å²) < 4.78 is 0. The summed E-state index contributed by atoms with van der Waals surface area (Å²) in [6, 6.07) is 16.8. The molecule has 5 rings (SSSR count). The highest BCUT2D eigenvalue weighted by molar-refractivity contribution is 6.31. The number of hydrogen-bond acceptors (Lipinski definition) is 7. The second-order valence-electron chi connectivity index (χ2n) is 11.5. The lowest BCUT2D eigenvalue weighted by Gasteiger charge is -2.19. The molecular weight excluding hydrogens is 578 g/mol. The largest absolute Gasteiger partial charge is 0.394 e. The van der Waals surface area contributed by atoms with Crippen LogP contribution in [0.4, 0.5) is 0 Å². The molecule has 10 nitrogen and oxygen atoms in total. The molecule has 3 heterocycles. The Bertz CT molecular complexity index is 1590. The molecular formula is C33H40ClN7O3. The maximum absolute atomic E-state index is 13.3. The van der Waals surface area contributed by atoms with Crippen LogP contribution in [0.2, 0.25) is 5.02 Å². The Balaban J connectivity index is 1.33. The van der Waals surface area contributed by atoms with Gasteiger partial charge in [-0.2, -0.15) is 5.10 Å². The van der Waals surface area contributed by atoms with E-state index in [9.17, 15) is 14.7 Å². The molecule has 1 saturated heterocycles. The van der Waals surface area contributed by atoms with Gasteiger partial charge in [0.05, 0.1) is 37.1 Å². The number of carbonyl (C=O) groups is 2. The number of ketones is 1. The van der Waals surface area contributed by atoms with E-state index in [1.54, 1.807) is 12.3 Å². The van der Waals surface area contributed by atoms with E-state index in [4.69, 9.17) is 11.6 Å². The number of amides is 1. The minimum atomic E-state index is -0.535. The van der Waals surface area contributed by atoms with Crippen LogP contribution in [0.5, 0.6) is 0 Å². The number of aromatic nitrogens is 3. The number of aliphatic hydroxyl groups excluding tert-OH is 1. The fourth-order valence-electron chi connectivity index (χ4n) is 5.77. The number of hydrogen-bond donors (Lipinski definition) is 6. The number of aliphatic hydroxyl groups is 1. The summed E-state index contributed by atoms with van der Waals surface area (Å²) >= 11 is 6.77. The Morgan fingerprint density at radius 2 is 1.93 bits per heavy atom. The van der Waals surface area contributed by atoms with E-state index in [-0.39, 0.29) is 24.3 Å². The predicted octanol–water partition coefficient (Wildman–Crippen LogP) is 4.05. The fourth-order valence-corrected chi connectivity index (χ4v) is 6.01. The Hall–Kier alpha value is -3.80. The van der Waals surface area contributed by atoms with Gasteiger partial charge < -0.3 is 26.0 Å². The van der Waals surface area contributed by atoms with Crippen molar-refractivity contribution < 1.29 is 14.7 Å². The second-order valence-corrected chi connectivity index (χ2v) is 11.9. The van der Waals surface area contributed by atoms with E-state index < -0.39 is 6.04 Å². The molecule has 1 aliphatic heterocycles. The third-order valence-corrected chi connectivity index (χ3v) is 8.44. The number of halogens is 1. The quantitative estimate of drug-likeness (QED) is 0.133. The summed E-state index contributed by atoms with van der Waals surface area (Å²) in [5.41, 5.74) is 6.18. The SMILES string of the molecule is CNCc1[nH]c(C(=O)N[C@H](CO)c2ccccc2)cc1-c1[nH]ncc1-c1ccc(CN(C)CC(=O)C2CCC(C)N2)c(Cl)c1. The van der Waals surface area contributed by atoms with Crippen molar-refractivity contribution in [1.82, 2.24) is 36.0 Å². The van der Waals surface area contributed by atoms with Crippen LogP contribution in [0.1, 0.15) is 53.1 Å². The zero-order chi connectivity index (χ0) is 31.2. The molecule has 1 amide bonds. The molecule has 4 aromatic rings. The number of Topliss-reactive ketones (excluding diaryl/α,β-unsaturated/α-hetero) is 1. The van der Waals surface area contributed by atoms with Crippen LogP contribution in [-0.4, -0.2) is 76.2 Å². The van der Waals surface area contributed by atoms with Crippen LogP contribution < -0.4 is 16.0 Å². The van der Waals surface area contributed by atoms with Crippen LogP contribution in [-0.2, 0) is 17.9 Å². The lowest BCUT2D eigenvalue weighted by molar-refractivity contribution is -0.121. The van der Waals surface area contributed by atoms with Crippen molar-refractivity contribution >= 4 is 23.3 Å². The van der Waals surface area contributed by atoms with Gasteiger partial charge in [-0.15, -0.1) is 0 Å². The molecule has 2 aromatic carbocycles. The first-order valence-electron chi connectivity index (χ1n) is 14.9. The maximum atomic E-state index is 13.3. The average Bonchev–Trinajstić information content (AvgIpc) is 3.77. The first kappa shape index (κ1) is 31.6. The minimum absolute atomic E-state index is 0.0717. The van der Waals surface area contributed by atoms with Crippen LogP contribution in [0.3, 0.4) is 0 Å². The minimum Gasteiger partial charge on any atom is -0.394 e. The van der Waals surface area contributed by atoms with Gasteiger partial charge in [-0.3, -0.25) is 19.6 Å². The molecule has 0 radical (unpaired) electrons. The number of rotatable bonds is 13. The highest BCUT2D eigenvalue weighted by atomic mass is 35.5. The molecule has 0 aliphatic carbocycles. The topological polar surface area (TPSA) is 138 Å². The number of aromatic amines is 2. The molecule has 2 aromatic heterocycles. The highest BCUT2D eigenvalue weighted by Gasteiger charge is 2.27. The summed E-state index contributed by atoms with van der Waals surface area (Å²) in [6.45, 7) is 3.28. The van der Waals surface area contributed by atoms with E-state index in [1.165, 1.54) is 0 Å². The standard InChI is InChI=1S/C33H40ClN7O3/c1-20-9-12-27(37-20)31(43)18-41(3)17-23-11-10-22(13-26(23)34)25-15-36-40-32(25)24-14-28(38-29(24)16-35-2)33(44)39-30(19-42)21-7-5-4-6-8-21/h4-8,10-11,13-15,20,27,30,35,37-38,42H,9,12,16-19H2,1-3H3,(H,36,40)(H,39,44)/t20?,27?,30-/m1/s1. The Labute approximate surface area is 262 Å². The molecule has 2 unspecified atom stereocenters. The van der Waals surface area contributed by atoms with Gasteiger partial charge >= 0.3 is 0 Å². The zero-order valence-electron chi connectivity index (χ0n) is 25.3. The first-order valence-corrected chi connectivity index (χ1v) is 15.3. The Morgan fingerprint density at radius 1 is 1.14 bits per heavy atom. The third-order valence-electron chi connectivity index (χ3n) is 8.09. The van der Waals surface area contributed by atoms with Gasteiger partial charge in [0.1, 0.15) is 5.69 Å². The third kappa shape index (κ3) is 7.28. The first-order chi connectivity index (χ1) is 21.3. The predicted molar refractivity (Wildman–Crippen MR) is 172 cm³/mol. The summed E-state index contributed by atoms with van der Waals surface area (Å²) in [4.78, 5) is 31.2. The van der Waals surface area contributed by atoms with Crippen molar-refractivity contribution in [1.29, 1.82) is 0 Å². The number of likely N-dealkylation sites (N-methyl/N-ethyl adjacent to an activating group) is 1. The molecule has 0 spiro atoms. The highest BCUT2D eigenvalue weighted by Crippen LogP contribution is 2.35. The van der Waals surface area contributed by atoms with Crippen LogP contribution in [0.25, 0.3) is 22.4 Å². The summed E-state index contributed by atoms with van der Waals surface area (Å²) in [5, 5.41) is 27.4. The van der Waals surface area contributed by atoms with Crippen LogP contribution in [0.15, 0.2) is 60.8 Å². The molecule has 44 heavy (non-hydrogen) atoms. The number of H-pyrrole nitrogens is 2. The zero-order valence-corrected chi connectivity index (χ0v) is 26.0. The number of benzene rings is 2. The van der Waals surface area contributed by atoms with Gasteiger partial charge in [0.2, 0.25) is 0 Å². The summed E-state index contributed by atoms with van der Waals surface area (Å²) in [7, 11) is 3.77. The van der Waals surface area contributed by atoms with Gasteiger partial charge in [0.25, 0.3) is 5.91 Å². The van der Waals surface area contributed by atoms with Crippen molar-refractivity contribution in [3.05, 3.63) is 88.3 Å². The van der Waals surface area contributed by atoms with Crippen LogP contribution >= 0.6 is 11.6 Å². The van der Waals surface area contributed by atoms with Gasteiger partial charge in [0.15, 0.2) is 5.78 Å². The average molecular weight is 618 g/mol. The maximum Gasteiger partial charge on any atom is 0.268 e. The van der Waals surface area contributed by atoms with E-state index in [0.717, 1.165) is 52.0 Å². The second kappa shape index (κ2) is 14.3. The van der Waals surface area contributed by atoms with Crippen molar-refractivity contribution in [2.45, 2.75) is 51.0 Å². The lowest BCUT2D eigenvalue weighted by Crippen LogP contribution is -2.40. The van der Waals surface area contributed by atoms with Gasteiger partial charge in [-0.05, 0) is 62.7 Å². The normalized spacial score (nSPS) is 17.2. The fraction of sp³-hybridized carbons (Fsp3) is 0.364. The number of carbonyl (C=O) groups excluding carboxylic acids is 2. The van der Waals surface area contributed by atoms with Gasteiger partial charge in [-0.1, -0.05) is 54.1 Å².